The van der Waals surface area contributed by atoms with E-state index >= 15 is 0 Å². The fraction of sp³-hybridized carbons (Fsp3) is 0.537. The molecule has 6 bridgehead atoms. The monoisotopic (exact) mass is 787 g/mol. The number of urea groups is 1. The third kappa shape index (κ3) is 9.17. The fourth-order valence-corrected chi connectivity index (χ4v) is 8.35. The van der Waals surface area contributed by atoms with Crippen LogP contribution in [-0.2, 0) is 31.9 Å². The number of amides is 3. The molecule has 302 valence electrons. The molecule has 0 aliphatic carbocycles. The number of esters is 1. The van der Waals surface area contributed by atoms with E-state index in [1.807, 2.05) is 39.3 Å². The van der Waals surface area contributed by atoms with Crippen LogP contribution in [0, 0.1) is 5.41 Å². The second-order valence-corrected chi connectivity index (χ2v) is 16.1. The van der Waals surface area contributed by atoms with Crippen LogP contribution in [-0.4, -0.2) is 103 Å². The van der Waals surface area contributed by atoms with Crippen LogP contribution in [0.5, 0.6) is 0 Å². The molecule has 3 aromatic heterocycles. The maximum atomic E-state index is 13.9. The molecule has 7 rings (SSSR count). The van der Waals surface area contributed by atoms with Crippen LogP contribution in [0.15, 0.2) is 35.8 Å². The van der Waals surface area contributed by atoms with Gasteiger partial charge in [-0.3, -0.25) is 19.6 Å². The van der Waals surface area contributed by atoms with Gasteiger partial charge in [-0.1, -0.05) is 33.8 Å². The number of carbonyl (C=O) groups excluding carboxylic acids is 3. The summed E-state index contributed by atoms with van der Waals surface area (Å²) in [6.45, 7) is 16.6. The SMILES string of the molecule is CC.CCNC(=O)NC1Cc2nc(cs2)-c2ccc3[nH]c(-c4cc(N5CCNCC5)cnc4C(C)OC)c(c3c2)CC(C)(C)COC(=O)C2CCCN(N2)C1=O. The number of rotatable bonds is 6. The number of thiazole rings is 1. The lowest BCUT2D eigenvalue weighted by Gasteiger charge is -2.35. The van der Waals surface area contributed by atoms with E-state index in [-0.39, 0.29) is 25.0 Å². The number of piperazine rings is 1. The van der Waals surface area contributed by atoms with Gasteiger partial charge in [0, 0.05) is 85.6 Å². The number of H-pyrrole nitrogens is 1. The van der Waals surface area contributed by atoms with Crippen molar-refractivity contribution in [3.05, 3.63) is 52.1 Å². The van der Waals surface area contributed by atoms with Crippen LogP contribution in [0.2, 0.25) is 0 Å². The van der Waals surface area contributed by atoms with E-state index in [1.165, 1.54) is 16.3 Å². The molecule has 1 aromatic carbocycles. The lowest BCUT2D eigenvalue weighted by Crippen LogP contribution is -2.61. The number of methoxy groups -OCH3 is 1. The van der Waals surface area contributed by atoms with E-state index in [1.54, 1.807) is 7.11 Å². The number of ether oxygens (including phenoxy) is 2. The molecule has 3 atom stereocenters. The van der Waals surface area contributed by atoms with E-state index < -0.39 is 29.5 Å². The van der Waals surface area contributed by atoms with Gasteiger partial charge in [-0.25, -0.2) is 15.2 Å². The number of nitrogens with one attached hydrogen (secondary N) is 5. The Morgan fingerprint density at radius 3 is 2.70 bits per heavy atom. The molecule has 2 fully saturated rings. The van der Waals surface area contributed by atoms with E-state index in [9.17, 15) is 14.4 Å². The number of hydrogen-bond donors (Lipinski definition) is 5. The van der Waals surface area contributed by atoms with Crippen molar-refractivity contribution in [1.29, 1.82) is 0 Å². The maximum Gasteiger partial charge on any atom is 0.324 e. The zero-order valence-corrected chi connectivity index (χ0v) is 34.5. The summed E-state index contributed by atoms with van der Waals surface area (Å²) < 4.78 is 11.9. The standard InChI is InChI=1S/C39H51N9O5S.C2H6/c1-6-41-38(51)45-31-18-33-43-32(21-54-33)24-9-10-29-26(16-24)28(19-39(3,4)22-53-37(50)30-8-7-13-48(46-30)36(31)49)35(44-29)27-17-25(47-14-11-40-12-15-47)20-42-34(27)23(2)52-5;1-2/h9-10,16-17,20-21,23,30-31,40,44,46H,6-8,11-15,18-19,22H2,1-5H3,(H2,41,45,51);1-2H3. The van der Waals surface area contributed by atoms with Crippen LogP contribution in [0.4, 0.5) is 10.5 Å². The molecule has 4 aromatic rings. The molecule has 3 unspecified atom stereocenters. The smallest absolute Gasteiger partial charge is 0.324 e. The average Bonchev–Trinajstić information content (AvgIpc) is 3.84. The first-order valence-electron chi connectivity index (χ1n) is 19.9. The number of pyridine rings is 1. The number of anilines is 1. The summed E-state index contributed by atoms with van der Waals surface area (Å²) in [6.07, 6.45) is 3.62. The first-order chi connectivity index (χ1) is 27.0. The van der Waals surface area contributed by atoms with Gasteiger partial charge in [-0.05, 0) is 56.9 Å². The Bertz CT molecular complexity index is 2010. The molecule has 5 N–H and O–H groups in total. The molecule has 0 spiro atoms. The van der Waals surface area contributed by atoms with Gasteiger partial charge in [0.25, 0.3) is 5.91 Å². The molecule has 56 heavy (non-hydrogen) atoms. The number of hydrogen-bond acceptors (Lipinski definition) is 11. The van der Waals surface area contributed by atoms with Crippen molar-refractivity contribution >= 4 is 45.8 Å². The third-order valence-corrected chi connectivity index (χ3v) is 11.3. The molecular formula is C41H57N9O5S. The second kappa shape index (κ2) is 18.1. The van der Waals surface area contributed by atoms with E-state index in [4.69, 9.17) is 19.4 Å². The summed E-state index contributed by atoms with van der Waals surface area (Å²) >= 11 is 1.45. The zero-order chi connectivity index (χ0) is 40.0. The van der Waals surface area contributed by atoms with Crippen LogP contribution in [0.3, 0.4) is 0 Å². The summed E-state index contributed by atoms with van der Waals surface area (Å²) in [6, 6.07) is 6.49. The first-order valence-corrected chi connectivity index (χ1v) is 20.8. The minimum Gasteiger partial charge on any atom is -0.464 e. The highest BCUT2D eigenvalue weighted by atomic mass is 32.1. The number of hydrazine groups is 1. The number of aromatic amines is 1. The van der Waals surface area contributed by atoms with Gasteiger partial charge in [0.05, 0.1) is 46.7 Å². The zero-order valence-electron chi connectivity index (χ0n) is 33.7. The summed E-state index contributed by atoms with van der Waals surface area (Å²) in [5, 5.41) is 14.2. The number of nitrogens with zero attached hydrogens (tertiary/aromatic N) is 4. The molecule has 0 saturated carbocycles. The number of benzene rings is 1. The number of carbonyl (C=O) groups is 3. The van der Waals surface area contributed by atoms with Crippen molar-refractivity contribution in [2.45, 2.75) is 85.4 Å². The molecule has 3 amide bonds. The van der Waals surface area contributed by atoms with Crippen LogP contribution in [0.1, 0.15) is 76.8 Å². The van der Waals surface area contributed by atoms with Gasteiger partial charge in [-0.15, -0.1) is 11.3 Å². The Hall–Kier alpha value is -4.57. The summed E-state index contributed by atoms with van der Waals surface area (Å²) in [5.41, 5.74) is 10.2. The quantitative estimate of drug-likeness (QED) is 0.161. The average molecular weight is 788 g/mol. The number of cyclic esters (lactones) is 1. The van der Waals surface area contributed by atoms with Crippen molar-refractivity contribution in [2.24, 2.45) is 5.41 Å². The van der Waals surface area contributed by atoms with Crippen molar-refractivity contribution in [1.82, 2.24) is 41.3 Å². The minimum absolute atomic E-state index is 0.168. The Morgan fingerprint density at radius 1 is 1.16 bits per heavy atom. The van der Waals surface area contributed by atoms with Crippen LogP contribution in [0.25, 0.3) is 33.4 Å². The number of fused-ring (bicyclic) bond motifs is 6. The highest BCUT2D eigenvalue weighted by Crippen LogP contribution is 2.41. The fourth-order valence-electron chi connectivity index (χ4n) is 7.50. The molecule has 15 heteroatoms. The van der Waals surface area contributed by atoms with Crippen LogP contribution >= 0.6 is 11.3 Å². The maximum absolute atomic E-state index is 13.9. The van der Waals surface area contributed by atoms with Gasteiger partial charge in [0.15, 0.2) is 0 Å². The summed E-state index contributed by atoms with van der Waals surface area (Å²) in [5.74, 6) is -0.745. The lowest BCUT2D eigenvalue weighted by atomic mass is 9.84. The van der Waals surface area contributed by atoms with Crippen molar-refractivity contribution < 1.29 is 23.9 Å². The highest BCUT2D eigenvalue weighted by Gasteiger charge is 2.35. The molecule has 0 radical (unpaired) electrons. The number of aromatic nitrogens is 3. The second-order valence-electron chi connectivity index (χ2n) is 15.1. The summed E-state index contributed by atoms with van der Waals surface area (Å²) in [4.78, 5) is 56.3. The molecular weight excluding hydrogens is 731 g/mol. The molecule has 3 aliphatic heterocycles. The first kappa shape index (κ1) is 41.1. The van der Waals surface area contributed by atoms with Crippen molar-refractivity contribution in [3.63, 3.8) is 0 Å². The van der Waals surface area contributed by atoms with Gasteiger partial charge in [0.2, 0.25) is 0 Å². The van der Waals surface area contributed by atoms with Gasteiger partial charge < -0.3 is 35.3 Å². The Morgan fingerprint density at radius 2 is 1.95 bits per heavy atom. The predicted octanol–water partition coefficient (Wildman–Crippen LogP) is 5.35. The third-order valence-electron chi connectivity index (χ3n) is 10.5. The van der Waals surface area contributed by atoms with E-state index in [0.29, 0.717) is 37.4 Å². The van der Waals surface area contributed by atoms with Crippen molar-refractivity contribution in [3.8, 4) is 22.5 Å². The molecule has 14 nitrogen and oxygen atoms in total. The molecule has 2 saturated heterocycles. The lowest BCUT2D eigenvalue weighted by molar-refractivity contribution is -0.155. The van der Waals surface area contributed by atoms with E-state index in [2.05, 4.69) is 69.4 Å². The topological polar surface area (TPSA) is 166 Å². The summed E-state index contributed by atoms with van der Waals surface area (Å²) in [7, 11) is 1.70. The van der Waals surface area contributed by atoms with E-state index in [0.717, 1.165) is 76.5 Å². The predicted molar refractivity (Wildman–Crippen MR) is 221 cm³/mol. The van der Waals surface area contributed by atoms with Gasteiger partial charge in [-0.2, -0.15) is 0 Å². The Balaban J connectivity index is 0.00000262. The highest BCUT2D eigenvalue weighted by molar-refractivity contribution is 7.10. The van der Waals surface area contributed by atoms with Gasteiger partial charge in [0.1, 0.15) is 12.1 Å². The Kier molecular flexibility index (Phi) is 13.3. The van der Waals surface area contributed by atoms with Gasteiger partial charge >= 0.3 is 12.0 Å². The van der Waals surface area contributed by atoms with Crippen LogP contribution < -0.4 is 26.3 Å². The molecule has 3 aliphatic rings. The Labute approximate surface area is 333 Å². The minimum atomic E-state index is -0.897. The normalized spacial score (nSPS) is 20.7. The van der Waals surface area contributed by atoms with Crippen molar-refractivity contribution in [2.75, 3.05) is 57.9 Å². The molecule has 6 heterocycles. The largest absolute Gasteiger partial charge is 0.464 e.